The van der Waals surface area contributed by atoms with Gasteiger partial charge >= 0.3 is 0 Å². The van der Waals surface area contributed by atoms with Gasteiger partial charge in [0.25, 0.3) is 10.0 Å². The lowest BCUT2D eigenvalue weighted by atomic mass is 10.0. The van der Waals surface area contributed by atoms with Crippen LogP contribution in [0.3, 0.4) is 0 Å². The zero-order chi connectivity index (χ0) is 37.3. The molecular formula is C37H40Cl3N3O7S. The van der Waals surface area contributed by atoms with Crippen molar-refractivity contribution >= 4 is 62.3 Å². The smallest absolute Gasteiger partial charge is 0.265 e. The Kier molecular flexibility index (Phi) is 13.9. The van der Waals surface area contributed by atoms with Gasteiger partial charge in [-0.05, 0) is 66.9 Å². The molecule has 4 rings (SSSR count). The minimum absolute atomic E-state index is 0.00118. The lowest BCUT2D eigenvalue weighted by molar-refractivity contribution is -0.140. The van der Waals surface area contributed by atoms with E-state index in [-0.39, 0.29) is 51.1 Å². The molecule has 14 heteroatoms. The average molecular weight is 777 g/mol. The summed E-state index contributed by atoms with van der Waals surface area (Å²) in [6.45, 7) is 2.91. The normalized spacial score (nSPS) is 12.4. The molecule has 2 amide bonds. The molecule has 0 saturated heterocycles. The maximum Gasteiger partial charge on any atom is 0.265 e. The summed E-state index contributed by atoms with van der Waals surface area (Å²) in [5.74, 6) is -0.513. The zero-order valence-corrected chi connectivity index (χ0v) is 31.9. The van der Waals surface area contributed by atoms with E-state index in [1.165, 1.54) is 68.7 Å². The number of amides is 2. The molecule has 272 valence electrons. The second-order valence-corrected chi connectivity index (χ2v) is 14.8. The molecule has 4 aromatic carbocycles. The minimum Gasteiger partial charge on any atom is -0.495 e. The van der Waals surface area contributed by atoms with Crippen molar-refractivity contribution in [3.8, 4) is 17.2 Å². The van der Waals surface area contributed by atoms with Crippen LogP contribution in [-0.4, -0.2) is 65.1 Å². The van der Waals surface area contributed by atoms with Crippen molar-refractivity contribution in [1.82, 2.24) is 10.2 Å². The minimum atomic E-state index is -4.54. The lowest BCUT2D eigenvalue weighted by Crippen LogP contribution is -2.54. The van der Waals surface area contributed by atoms with E-state index in [1.54, 1.807) is 12.1 Å². The van der Waals surface area contributed by atoms with Crippen LogP contribution in [-0.2, 0) is 32.6 Å². The van der Waals surface area contributed by atoms with Gasteiger partial charge in [0.15, 0.2) is 11.5 Å². The quantitative estimate of drug-likeness (QED) is 0.126. The first-order valence-corrected chi connectivity index (χ1v) is 18.6. The molecule has 0 spiro atoms. The van der Waals surface area contributed by atoms with Gasteiger partial charge in [0.05, 0.1) is 31.9 Å². The largest absolute Gasteiger partial charge is 0.495 e. The molecule has 51 heavy (non-hydrogen) atoms. The van der Waals surface area contributed by atoms with E-state index in [4.69, 9.17) is 49.0 Å². The monoisotopic (exact) mass is 775 g/mol. The Morgan fingerprint density at radius 3 is 2.06 bits per heavy atom. The molecule has 0 aliphatic carbocycles. The summed E-state index contributed by atoms with van der Waals surface area (Å²) in [5, 5.41) is 3.86. The maximum absolute atomic E-state index is 14.8. The number of hydrogen-bond acceptors (Lipinski definition) is 7. The summed E-state index contributed by atoms with van der Waals surface area (Å²) in [5.41, 5.74) is 1.29. The van der Waals surface area contributed by atoms with Crippen molar-refractivity contribution in [1.29, 1.82) is 0 Å². The van der Waals surface area contributed by atoms with Crippen molar-refractivity contribution in [3.63, 3.8) is 0 Å². The number of methoxy groups -OCH3 is 3. The second-order valence-electron chi connectivity index (χ2n) is 11.6. The third kappa shape index (κ3) is 9.79. The number of anilines is 1. The highest BCUT2D eigenvalue weighted by Gasteiger charge is 2.36. The third-order valence-electron chi connectivity index (χ3n) is 8.26. The molecule has 0 saturated carbocycles. The van der Waals surface area contributed by atoms with Crippen LogP contribution in [0.4, 0.5) is 5.69 Å². The molecule has 0 aliphatic rings. The standard InChI is InChI=1S/C37H40Cl3N3O7S/c1-6-24(2)41-37(45)32(18-25-10-8-7-9-11-25)42(22-26-12-13-27(38)19-30(26)40)36(44)23-43(31-20-28(39)14-16-33(31)48-3)51(46,47)29-15-17-34(49-4)35(21-29)50-5/h7-17,19-21,24,32H,6,18,22-23H2,1-5H3,(H,41,45). The number of nitrogens with zero attached hydrogens (tertiary/aromatic N) is 2. The van der Waals surface area contributed by atoms with Crippen molar-refractivity contribution < 1.29 is 32.2 Å². The van der Waals surface area contributed by atoms with Gasteiger partial charge in [-0.1, -0.05) is 78.1 Å². The Balaban J connectivity index is 1.91. The average Bonchev–Trinajstić information content (AvgIpc) is 3.12. The molecule has 4 aromatic rings. The zero-order valence-electron chi connectivity index (χ0n) is 28.9. The van der Waals surface area contributed by atoms with E-state index < -0.39 is 34.4 Å². The van der Waals surface area contributed by atoms with Gasteiger partial charge in [0, 0.05) is 40.1 Å². The first kappa shape index (κ1) is 39.6. The molecule has 2 unspecified atom stereocenters. The van der Waals surface area contributed by atoms with Crippen LogP contribution in [0.1, 0.15) is 31.4 Å². The maximum atomic E-state index is 14.8. The molecule has 0 radical (unpaired) electrons. The molecule has 0 heterocycles. The van der Waals surface area contributed by atoms with Crippen LogP contribution in [0.2, 0.25) is 15.1 Å². The van der Waals surface area contributed by atoms with Gasteiger partial charge in [-0.25, -0.2) is 8.42 Å². The van der Waals surface area contributed by atoms with Gasteiger partial charge in [-0.3, -0.25) is 13.9 Å². The van der Waals surface area contributed by atoms with Crippen molar-refractivity contribution in [2.45, 2.75) is 50.2 Å². The fourth-order valence-corrected chi connectivity index (χ4v) is 7.37. The Labute approximate surface area is 314 Å². The van der Waals surface area contributed by atoms with Crippen molar-refractivity contribution in [3.05, 3.63) is 111 Å². The van der Waals surface area contributed by atoms with Crippen LogP contribution >= 0.6 is 34.8 Å². The second kappa shape index (κ2) is 17.9. The number of benzene rings is 4. The van der Waals surface area contributed by atoms with Crippen molar-refractivity contribution in [2.24, 2.45) is 0 Å². The van der Waals surface area contributed by atoms with Crippen LogP contribution < -0.4 is 23.8 Å². The molecular weight excluding hydrogens is 737 g/mol. The van der Waals surface area contributed by atoms with E-state index in [0.29, 0.717) is 22.8 Å². The van der Waals surface area contributed by atoms with Crippen LogP contribution in [0.5, 0.6) is 17.2 Å². The Hall–Kier alpha value is -4.16. The van der Waals surface area contributed by atoms with Gasteiger partial charge in [-0.2, -0.15) is 0 Å². The van der Waals surface area contributed by atoms with Crippen LogP contribution in [0, 0.1) is 0 Å². The van der Waals surface area contributed by atoms with Gasteiger partial charge in [-0.15, -0.1) is 0 Å². The van der Waals surface area contributed by atoms with E-state index in [2.05, 4.69) is 5.32 Å². The number of ether oxygens (including phenoxy) is 3. The summed E-state index contributed by atoms with van der Waals surface area (Å²) in [4.78, 5) is 30.1. The predicted molar refractivity (Wildman–Crippen MR) is 201 cm³/mol. The van der Waals surface area contributed by atoms with E-state index in [9.17, 15) is 18.0 Å². The highest BCUT2D eigenvalue weighted by molar-refractivity contribution is 7.92. The number of halogens is 3. The van der Waals surface area contributed by atoms with Gasteiger partial charge in [0.2, 0.25) is 11.8 Å². The highest BCUT2D eigenvalue weighted by Crippen LogP contribution is 2.37. The summed E-state index contributed by atoms with van der Waals surface area (Å²) < 4.78 is 46.4. The summed E-state index contributed by atoms with van der Waals surface area (Å²) in [6.07, 6.45) is 0.773. The number of rotatable bonds is 16. The number of carbonyl (C=O) groups excluding carboxylic acids is 2. The highest BCUT2D eigenvalue weighted by atomic mass is 35.5. The van der Waals surface area contributed by atoms with E-state index >= 15 is 0 Å². The summed E-state index contributed by atoms with van der Waals surface area (Å²) >= 11 is 19.2. The number of sulfonamides is 1. The summed E-state index contributed by atoms with van der Waals surface area (Å²) in [7, 11) is -0.351. The fraction of sp³-hybridized carbons (Fsp3) is 0.297. The third-order valence-corrected chi connectivity index (χ3v) is 10.8. The van der Waals surface area contributed by atoms with E-state index in [0.717, 1.165) is 9.87 Å². The van der Waals surface area contributed by atoms with Crippen LogP contribution in [0.15, 0.2) is 89.8 Å². The first-order valence-electron chi connectivity index (χ1n) is 16.0. The number of carbonyl (C=O) groups is 2. The van der Waals surface area contributed by atoms with Gasteiger partial charge in [0.1, 0.15) is 18.3 Å². The first-order chi connectivity index (χ1) is 24.3. The molecule has 1 N–H and O–H groups in total. The molecule has 0 bridgehead atoms. The predicted octanol–water partition coefficient (Wildman–Crippen LogP) is 7.42. The molecule has 2 atom stereocenters. The Morgan fingerprint density at radius 2 is 1.43 bits per heavy atom. The van der Waals surface area contributed by atoms with E-state index in [1.807, 2.05) is 44.2 Å². The molecule has 0 fully saturated rings. The fourth-order valence-electron chi connectivity index (χ4n) is 5.30. The molecule has 0 aliphatic heterocycles. The Bertz CT molecular complexity index is 1950. The number of nitrogens with one attached hydrogen (secondary N) is 1. The van der Waals surface area contributed by atoms with Gasteiger partial charge < -0.3 is 24.4 Å². The summed E-state index contributed by atoms with van der Waals surface area (Å²) in [6, 6.07) is 21.3. The Morgan fingerprint density at radius 1 is 0.804 bits per heavy atom. The van der Waals surface area contributed by atoms with Crippen molar-refractivity contribution in [2.75, 3.05) is 32.2 Å². The SMILES string of the molecule is CCC(C)NC(=O)C(Cc1ccccc1)N(Cc1ccc(Cl)cc1Cl)C(=O)CN(c1cc(Cl)ccc1OC)S(=O)(=O)c1ccc(OC)c(OC)c1. The molecule has 0 aromatic heterocycles. The lowest BCUT2D eigenvalue weighted by Gasteiger charge is -2.34. The van der Waals surface area contributed by atoms with Crippen LogP contribution in [0.25, 0.3) is 0 Å². The topological polar surface area (TPSA) is 114 Å². The number of hydrogen-bond donors (Lipinski definition) is 1. The molecule has 10 nitrogen and oxygen atoms in total.